The Labute approximate surface area is 135 Å². The topological polar surface area (TPSA) is 42.0 Å². The second kappa shape index (κ2) is 5.50. The molecule has 2 heterocycles. The van der Waals surface area contributed by atoms with Gasteiger partial charge in [0.05, 0.1) is 19.3 Å². The average Bonchev–Trinajstić information content (AvgIpc) is 2.62. The second-order valence-electron chi connectivity index (χ2n) is 5.65. The van der Waals surface area contributed by atoms with Crippen molar-refractivity contribution < 1.29 is 14.3 Å². The van der Waals surface area contributed by atoms with Crippen LogP contribution in [0.2, 0.25) is 0 Å². The van der Waals surface area contributed by atoms with Crippen molar-refractivity contribution in [3.8, 4) is 11.5 Å². The first-order valence-electron chi connectivity index (χ1n) is 7.74. The number of nitrogens with zero attached hydrogens (tertiary/aromatic N) is 2. The van der Waals surface area contributed by atoms with Crippen molar-refractivity contribution in [3.05, 3.63) is 48.0 Å². The monoisotopic (exact) mass is 310 g/mol. The predicted molar refractivity (Wildman–Crippen MR) is 88.8 cm³/mol. The minimum Gasteiger partial charge on any atom is -0.497 e. The van der Waals surface area contributed by atoms with E-state index in [-0.39, 0.29) is 5.91 Å². The number of methoxy groups -OCH3 is 1. The summed E-state index contributed by atoms with van der Waals surface area (Å²) in [5, 5.41) is 0. The van der Waals surface area contributed by atoms with Crippen molar-refractivity contribution in [1.82, 2.24) is 0 Å². The summed E-state index contributed by atoms with van der Waals surface area (Å²) in [6.07, 6.45) is 0. The van der Waals surface area contributed by atoms with E-state index in [2.05, 4.69) is 4.90 Å². The van der Waals surface area contributed by atoms with Crippen LogP contribution < -0.4 is 19.3 Å². The number of anilines is 2. The molecule has 0 fully saturated rings. The molecule has 4 rings (SSSR count). The summed E-state index contributed by atoms with van der Waals surface area (Å²) in [6.45, 7) is 3.06. The molecule has 5 nitrogen and oxygen atoms in total. The van der Waals surface area contributed by atoms with Crippen molar-refractivity contribution in [2.75, 3.05) is 43.2 Å². The van der Waals surface area contributed by atoms with Gasteiger partial charge >= 0.3 is 0 Å². The molecule has 0 radical (unpaired) electrons. The van der Waals surface area contributed by atoms with Gasteiger partial charge in [0.2, 0.25) is 0 Å². The minimum absolute atomic E-state index is 0.0116. The lowest BCUT2D eigenvalue weighted by Crippen LogP contribution is -2.47. The zero-order valence-corrected chi connectivity index (χ0v) is 13.0. The smallest absolute Gasteiger partial charge is 0.258 e. The molecule has 5 heteroatoms. The third kappa shape index (κ3) is 2.29. The lowest BCUT2D eigenvalue weighted by Gasteiger charge is -2.41. The Bertz CT molecular complexity index is 760. The van der Waals surface area contributed by atoms with Gasteiger partial charge in [-0.1, -0.05) is 12.1 Å². The van der Waals surface area contributed by atoms with Crippen molar-refractivity contribution in [2.45, 2.75) is 0 Å². The van der Waals surface area contributed by atoms with Crippen LogP contribution in [0.1, 0.15) is 10.4 Å². The summed E-state index contributed by atoms with van der Waals surface area (Å²) in [5.74, 6) is 1.53. The highest BCUT2D eigenvalue weighted by molar-refractivity contribution is 6.09. The van der Waals surface area contributed by atoms with Gasteiger partial charge in [-0.15, -0.1) is 0 Å². The molecule has 0 atom stereocenters. The van der Waals surface area contributed by atoms with E-state index < -0.39 is 0 Å². The van der Waals surface area contributed by atoms with E-state index in [1.54, 1.807) is 13.2 Å². The Balaban J connectivity index is 1.74. The van der Waals surface area contributed by atoms with Crippen LogP contribution in [0.15, 0.2) is 42.5 Å². The number of rotatable bonds is 2. The summed E-state index contributed by atoms with van der Waals surface area (Å²) >= 11 is 0. The van der Waals surface area contributed by atoms with Crippen LogP contribution in [0, 0.1) is 0 Å². The van der Waals surface area contributed by atoms with Gasteiger partial charge in [0.1, 0.15) is 23.8 Å². The molecule has 23 heavy (non-hydrogen) atoms. The molecule has 0 spiro atoms. The van der Waals surface area contributed by atoms with Crippen LogP contribution in [0.5, 0.6) is 11.5 Å². The van der Waals surface area contributed by atoms with Crippen LogP contribution in [0.25, 0.3) is 0 Å². The Morgan fingerprint density at radius 2 is 2.00 bits per heavy atom. The molecule has 0 aliphatic carbocycles. The van der Waals surface area contributed by atoms with Crippen LogP contribution in [0.4, 0.5) is 11.4 Å². The van der Waals surface area contributed by atoms with Crippen LogP contribution in [-0.2, 0) is 0 Å². The highest BCUT2D eigenvalue weighted by Crippen LogP contribution is 2.43. The molecule has 0 saturated heterocycles. The summed E-state index contributed by atoms with van der Waals surface area (Å²) in [5.41, 5.74) is 2.58. The van der Waals surface area contributed by atoms with E-state index in [4.69, 9.17) is 9.47 Å². The first-order valence-corrected chi connectivity index (χ1v) is 7.74. The number of amides is 1. The Hall–Kier alpha value is -2.69. The Morgan fingerprint density at radius 1 is 1.13 bits per heavy atom. The van der Waals surface area contributed by atoms with E-state index in [0.717, 1.165) is 30.2 Å². The van der Waals surface area contributed by atoms with E-state index in [9.17, 15) is 4.79 Å². The summed E-state index contributed by atoms with van der Waals surface area (Å²) in [7, 11) is 1.60. The number of carbonyl (C=O) groups excluding carboxylic acids is 1. The maximum absolute atomic E-state index is 13.0. The van der Waals surface area contributed by atoms with E-state index in [0.29, 0.717) is 24.5 Å². The summed E-state index contributed by atoms with van der Waals surface area (Å²) in [6, 6.07) is 13.2. The Morgan fingerprint density at radius 3 is 2.87 bits per heavy atom. The Kier molecular flexibility index (Phi) is 3.33. The summed E-state index contributed by atoms with van der Waals surface area (Å²) in [4.78, 5) is 17.1. The van der Waals surface area contributed by atoms with E-state index >= 15 is 0 Å². The highest BCUT2D eigenvalue weighted by Gasteiger charge is 2.31. The van der Waals surface area contributed by atoms with Gasteiger partial charge in [-0.2, -0.15) is 0 Å². The molecule has 0 N–H and O–H groups in total. The minimum atomic E-state index is -0.0116. The molecular weight excluding hydrogens is 292 g/mol. The standard InChI is InChI=1S/C18H18N2O3/c1-22-14-5-2-4-13(12-14)18(21)20-9-8-19-10-11-23-16-7-3-6-15(20)17(16)19/h2-7,12H,8-11H2,1H3. The van der Waals surface area contributed by atoms with Crippen molar-refractivity contribution >= 4 is 17.3 Å². The van der Waals surface area contributed by atoms with Gasteiger partial charge in [0.15, 0.2) is 0 Å². The molecule has 2 aromatic carbocycles. The van der Waals surface area contributed by atoms with Crippen molar-refractivity contribution in [2.24, 2.45) is 0 Å². The van der Waals surface area contributed by atoms with Crippen LogP contribution >= 0.6 is 0 Å². The first-order chi connectivity index (χ1) is 11.3. The quantitative estimate of drug-likeness (QED) is 0.855. The fraction of sp³-hybridized carbons (Fsp3) is 0.278. The predicted octanol–water partition coefficient (Wildman–Crippen LogP) is 2.55. The van der Waals surface area contributed by atoms with Gasteiger partial charge in [-0.25, -0.2) is 0 Å². The van der Waals surface area contributed by atoms with Gasteiger partial charge in [0, 0.05) is 18.7 Å². The fourth-order valence-corrected chi connectivity index (χ4v) is 3.23. The highest BCUT2D eigenvalue weighted by atomic mass is 16.5. The van der Waals surface area contributed by atoms with Gasteiger partial charge in [-0.3, -0.25) is 4.79 Å². The SMILES string of the molecule is COc1cccc(C(=O)N2CCN3CCOc4cccc2c43)c1. The van der Waals surface area contributed by atoms with Crippen molar-refractivity contribution in [3.63, 3.8) is 0 Å². The lowest BCUT2D eigenvalue weighted by molar-refractivity contribution is 0.0986. The molecule has 0 aromatic heterocycles. The third-order valence-corrected chi connectivity index (χ3v) is 4.36. The van der Waals surface area contributed by atoms with E-state index in [1.807, 2.05) is 41.3 Å². The molecule has 0 unspecified atom stereocenters. The molecule has 1 amide bonds. The zero-order chi connectivity index (χ0) is 15.8. The number of hydrogen-bond donors (Lipinski definition) is 0. The number of para-hydroxylation sites is 1. The zero-order valence-electron chi connectivity index (χ0n) is 13.0. The molecule has 2 aliphatic heterocycles. The van der Waals surface area contributed by atoms with Gasteiger partial charge in [0.25, 0.3) is 5.91 Å². The maximum Gasteiger partial charge on any atom is 0.258 e. The average molecular weight is 310 g/mol. The molecule has 0 bridgehead atoms. The number of hydrogen-bond acceptors (Lipinski definition) is 4. The van der Waals surface area contributed by atoms with Crippen LogP contribution in [-0.4, -0.2) is 39.3 Å². The first kappa shape index (κ1) is 13.9. The number of ether oxygens (including phenoxy) is 2. The number of carbonyl (C=O) groups is 1. The van der Waals surface area contributed by atoms with Gasteiger partial charge in [-0.05, 0) is 30.3 Å². The molecule has 118 valence electrons. The third-order valence-electron chi connectivity index (χ3n) is 4.36. The summed E-state index contributed by atoms with van der Waals surface area (Å²) < 4.78 is 11.0. The maximum atomic E-state index is 13.0. The lowest BCUT2D eigenvalue weighted by atomic mass is 10.1. The van der Waals surface area contributed by atoms with Crippen molar-refractivity contribution in [1.29, 1.82) is 0 Å². The largest absolute Gasteiger partial charge is 0.497 e. The second-order valence-corrected chi connectivity index (χ2v) is 5.65. The normalized spacial score (nSPS) is 15.7. The molecular formula is C18H18N2O3. The van der Waals surface area contributed by atoms with Crippen LogP contribution in [0.3, 0.4) is 0 Å². The van der Waals surface area contributed by atoms with E-state index in [1.165, 1.54) is 0 Å². The fourth-order valence-electron chi connectivity index (χ4n) is 3.23. The molecule has 2 aromatic rings. The number of benzene rings is 2. The molecule has 0 saturated carbocycles. The van der Waals surface area contributed by atoms with Gasteiger partial charge < -0.3 is 19.3 Å². The molecule has 2 aliphatic rings.